The number of hydrogen-bond acceptors (Lipinski definition) is 6. The monoisotopic (exact) mass is 500 g/mol. The molecule has 0 aromatic heterocycles. The van der Waals surface area contributed by atoms with Gasteiger partial charge in [-0.25, -0.2) is 0 Å². The minimum atomic E-state index is 0.440. The lowest BCUT2D eigenvalue weighted by Gasteiger charge is -2.18. The second kappa shape index (κ2) is 15.6. The number of rotatable bonds is 6. The third kappa shape index (κ3) is 8.90. The summed E-state index contributed by atoms with van der Waals surface area (Å²) >= 11 is 0. The van der Waals surface area contributed by atoms with E-state index < -0.39 is 0 Å². The summed E-state index contributed by atoms with van der Waals surface area (Å²) in [6.07, 6.45) is 4.58. The predicted octanol–water partition coefficient (Wildman–Crippen LogP) is 6.76. The topological polar surface area (TPSA) is 55.4 Å². The van der Waals surface area contributed by atoms with Gasteiger partial charge in [0.2, 0.25) is 0 Å². The molecule has 0 bridgehead atoms. The first-order chi connectivity index (χ1) is 17.6. The van der Waals surface area contributed by atoms with Gasteiger partial charge >= 0.3 is 0 Å². The van der Waals surface area contributed by atoms with Gasteiger partial charge in [0.25, 0.3) is 0 Å². The zero-order chi connectivity index (χ0) is 25.6. The number of fused-ring (bicyclic) bond motifs is 2. The minimum absolute atomic E-state index is 0.440. The molecule has 36 heavy (non-hydrogen) atoms. The van der Waals surface area contributed by atoms with Crippen LogP contribution in [0.1, 0.15) is 76.3 Å². The molecule has 1 heterocycles. The van der Waals surface area contributed by atoms with Gasteiger partial charge in [-0.2, -0.15) is 0 Å². The molecule has 6 heteroatoms. The van der Waals surface area contributed by atoms with Crippen LogP contribution in [0.2, 0.25) is 0 Å². The van der Waals surface area contributed by atoms with Crippen LogP contribution in [0, 0.1) is 0 Å². The van der Waals surface area contributed by atoms with Gasteiger partial charge in [0.15, 0.2) is 23.0 Å². The molecule has 0 aliphatic carbocycles. The summed E-state index contributed by atoms with van der Waals surface area (Å²) in [5.74, 6) is 3.91. The third-order valence-corrected chi connectivity index (χ3v) is 6.46. The Bertz CT molecular complexity index is 826. The number of ether oxygens (including phenoxy) is 6. The molecule has 0 N–H and O–H groups in total. The van der Waals surface area contributed by atoms with Crippen LogP contribution in [0.5, 0.6) is 23.0 Å². The Morgan fingerprint density at radius 2 is 0.889 bits per heavy atom. The van der Waals surface area contributed by atoms with Crippen molar-refractivity contribution in [3.05, 3.63) is 47.5 Å². The van der Waals surface area contributed by atoms with Crippen LogP contribution in [-0.4, -0.2) is 52.9 Å². The van der Waals surface area contributed by atoms with Crippen molar-refractivity contribution in [2.75, 3.05) is 52.9 Å². The van der Waals surface area contributed by atoms with E-state index in [0.29, 0.717) is 64.7 Å². The summed E-state index contributed by atoms with van der Waals surface area (Å²) in [4.78, 5) is 0. The van der Waals surface area contributed by atoms with E-state index >= 15 is 0 Å². The summed E-state index contributed by atoms with van der Waals surface area (Å²) in [6, 6.07) is 12.5. The van der Waals surface area contributed by atoms with Gasteiger partial charge in [0.05, 0.1) is 26.4 Å². The molecule has 2 aromatic rings. The Morgan fingerprint density at radius 3 is 1.25 bits per heavy atom. The van der Waals surface area contributed by atoms with Crippen LogP contribution in [0.15, 0.2) is 36.4 Å². The maximum atomic E-state index is 6.06. The van der Waals surface area contributed by atoms with E-state index in [0.717, 1.165) is 48.7 Å². The van der Waals surface area contributed by atoms with E-state index in [1.807, 2.05) is 12.1 Å². The predicted molar refractivity (Wildman–Crippen MR) is 143 cm³/mol. The molecule has 0 saturated carbocycles. The fraction of sp³-hybridized carbons (Fsp3) is 0.600. The summed E-state index contributed by atoms with van der Waals surface area (Å²) in [5, 5.41) is 0. The first kappa shape index (κ1) is 28.1. The third-order valence-electron chi connectivity index (χ3n) is 6.46. The van der Waals surface area contributed by atoms with Gasteiger partial charge in [-0.3, -0.25) is 0 Å². The molecular formula is C30H44O6. The minimum Gasteiger partial charge on any atom is -0.487 e. The second-order valence-corrected chi connectivity index (χ2v) is 9.41. The summed E-state index contributed by atoms with van der Waals surface area (Å²) in [5.41, 5.74) is 2.52. The van der Waals surface area contributed by atoms with Crippen LogP contribution in [0.25, 0.3) is 0 Å². The average Bonchev–Trinajstić information content (AvgIpc) is 2.88. The Balaban J connectivity index is 1.63. The van der Waals surface area contributed by atoms with E-state index in [2.05, 4.69) is 52.0 Å². The average molecular weight is 501 g/mol. The molecule has 0 amide bonds. The molecule has 6 nitrogen and oxygen atoms in total. The highest BCUT2D eigenvalue weighted by Gasteiger charge is 2.13. The van der Waals surface area contributed by atoms with Crippen molar-refractivity contribution in [3.8, 4) is 23.0 Å². The molecule has 2 aromatic carbocycles. The van der Waals surface area contributed by atoms with Gasteiger partial charge in [-0.15, -0.1) is 0 Å². The fourth-order valence-corrected chi connectivity index (χ4v) is 4.37. The normalized spacial score (nSPS) is 17.4. The van der Waals surface area contributed by atoms with E-state index in [-0.39, 0.29) is 0 Å². The summed E-state index contributed by atoms with van der Waals surface area (Å²) in [6.45, 7) is 12.6. The van der Waals surface area contributed by atoms with Crippen LogP contribution < -0.4 is 18.9 Å². The second-order valence-electron chi connectivity index (χ2n) is 9.41. The van der Waals surface area contributed by atoms with Crippen molar-refractivity contribution in [2.24, 2.45) is 0 Å². The lowest BCUT2D eigenvalue weighted by atomic mass is 9.96. The van der Waals surface area contributed by atoms with Crippen molar-refractivity contribution in [1.82, 2.24) is 0 Å². The van der Waals surface area contributed by atoms with Crippen molar-refractivity contribution in [2.45, 2.75) is 65.2 Å². The van der Waals surface area contributed by atoms with E-state index in [4.69, 9.17) is 28.4 Å². The van der Waals surface area contributed by atoms with E-state index in [9.17, 15) is 0 Å². The smallest absolute Gasteiger partial charge is 0.161 e. The van der Waals surface area contributed by atoms with Crippen LogP contribution in [0.4, 0.5) is 0 Å². The lowest BCUT2D eigenvalue weighted by molar-refractivity contribution is 0.0639. The zero-order valence-electron chi connectivity index (χ0n) is 22.6. The summed E-state index contributed by atoms with van der Waals surface area (Å²) < 4.78 is 35.7. The Kier molecular flexibility index (Phi) is 12.2. The van der Waals surface area contributed by atoms with Crippen molar-refractivity contribution < 1.29 is 28.4 Å². The fourth-order valence-electron chi connectivity index (χ4n) is 4.37. The Morgan fingerprint density at radius 1 is 0.528 bits per heavy atom. The van der Waals surface area contributed by atoms with Crippen LogP contribution in [-0.2, 0) is 9.47 Å². The van der Waals surface area contributed by atoms with Crippen molar-refractivity contribution in [3.63, 3.8) is 0 Å². The molecule has 200 valence electrons. The van der Waals surface area contributed by atoms with E-state index in [1.165, 1.54) is 11.1 Å². The Labute approximate surface area is 217 Å². The number of benzene rings is 2. The lowest BCUT2D eigenvalue weighted by Crippen LogP contribution is -2.15. The SMILES string of the molecule is CCC[C@@H](C)c1ccc2c(c1)OCCOCCOc1ccc([C@@H](C)CCC)cc1OCCOCCO2. The maximum absolute atomic E-state index is 6.06. The van der Waals surface area contributed by atoms with Gasteiger partial charge in [-0.05, 0) is 60.1 Å². The van der Waals surface area contributed by atoms with Gasteiger partial charge in [0, 0.05) is 0 Å². The molecule has 3 rings (SSSR count). The molecular weight excluding hydrogens is 456 g/mol. The molecule has 0 radical (unpaired) electrons. The zero-order valence-corrected chi connectivity index (χ0v) is 22.6. The quantitative estimate of drug-likeness (QED) is 0.437. The molecule has 2 atom stereocenters. The van der Waals surface area contributed by atoms with Gasteiger partial charge < -0.3 is 28.4 Å². The number of hydrogen-bond donors (Lipinski definition) is 0. The van der Waals surface area contributed by atoms with Gasteiger partial charge in [-0.1, -0.05) is 52.7 Å². The van der Waals surface area contributed by atoms with E-state index in [1.54, 1.807) is 0 Å². The van der Waals surface area contributed by atoms with Crippen molar-refractivity contribution >= 4 is 0 Å². The largest absolute Gasteiger partial charge is 0.487 e. The molecule has 0 fully saturated rings. The molecule has 0 spiro atoms. The first-order valence-electron chi connectivity index (χ1n) is 13.6. The van der Waals surface area contributed by atoms with Crippen LogP contribution >= 0.6 is 0 Å². The highest BCUT2D eigenvalue weighted by molar-refractivity contribution is 5.45. The maximum Gasteiger partial charge on any atom is 0.161 e. The standard InChI is InChI=1S/C30H44O6/c1-5-7-23(3)25-9-11-27-29(21-25)35-19-15-31-14-18-34-28-12-10-26(24(4)8-6-2)22-30(28)36-20-16-32-13-17-33-27/h9-12,21-24H,5-8,13-20H2,1-4H3/t23-,24+. The Hall–Kier alpha value is -2.44. The molecule has 1 aliphatic heterocycles. The highest BCUT2D eigenvalue weighted by atomic mass is 16.6. The summed E-state index contributed by atoms with van der Waals surface area (Å²) in [7, 11) is 0. The first-order valence-corrected chi connectivity index (χ1v) is 13.6. The molecule has 1 aliphatic rings. The van der Waals surface area contributed by atoms with Crippen LogP contribution in [0.3, 0.4) is 0 Å². The highest BCUT2D eigenvalue weighted by Crippen LogP contribution is 2.34. The van der Waals surface area contributed by atoms with Crippen molar-refractivity contribution in [1.29, 1.82) is 0 Å². The molecule has 0 saturated heterocycles. The van der Waals surface area contributed by atoms with Gasteiger partial charge in [0.1, 0.15) is 26.4 Å². The molecule has 0 unspecified atom stereocenters.